The molecule has 1 aromatic carbocycles. The predicted molar refractivity (Wildman–Crippen MR) is 159 cm³/mol. The quantitative estimate of drug-likeness (QED) is 0.316. The molecule has 1 N–H and O–H groups in total. The molecule has 218 valence electrons. The lowest BCUT2D eigenvalue weighted by atomic mass is 10.1. The number of hydrogen-bond acceptors (Lipinski definition) is 8. The van der Waals surface area contributed by atoms with Crippen molar-refractivity contribution in [1.29, 1.82) is 0 Å². The summed E-state index contributed by atoms with van der Waals surface area (Å²) in [6.45, 7) is 5.81. The number of amides is 2. The fourth-order valence-electron chi connectivity index (χ4n) is 4.95. The molecule has 1 aromatic heterocycles. The highest BCUT2D eigenvalue weighted by Gasteiger charge is 2.38. The van der Waals surface area contributed by atoms with Crippen molar-refractivity contribution in [3.8, 4) is 5.75 Å². The number of hydrogen-bond donors (Lipinski definition) is 1. The van der Waals surface area contributed by atoms with Gasteiger partial charge in [-0.05, 0) is 38.0 Å². The number of aromatic nitrogens is 2. The zero-order valence-corrected chi connectivity index (χ0v) is 24.9. The minimum atomic E-state index is -3.69. The largest absolute Gasteiger partial charge is 0.501 e. The summed E-state index contributed by atoms with van der Waals surface area (Å²) in [4.78, 5) is 47.3. The number of carbonyl (C=O) groups excluding carboxylic acids is 2. The van der Waals surface area contributed by atoms with Gasteiger partial charge in [0.05, 0.1) is 27.5 Å². The maximum Gasteiger partial charge on any atom is 0.315 e. The Bertz CT molecular complexity index is 1580. The highest BCUT2D eigenvalue weighted by molar-refractivity contribution is 8.00. The summed E-state index contributed by atoms with van der Waals surface area (Å²) < 4.78 is 27.1. The smallest absolute Gasteiger partial charge is 0.315 e. The molecule has 13 heteroatoms. The van der Waals surface area contributed by atoms with Crippen molar-refractivity contribution in [1.82, 2.24) is 19.4 Å². The molecule has 3 heterocycles. The Labute approximate surface area is 247 Å². The van der Waals surface area contributed by atoms with Gasteiger partial charge in [0.1, 0.15) is 5.82 Å². The van der Waals surface area contributed by atoms with E-state index in [9.17, 15) is 27.9 Å². The summed E-state index contributed by atoms with van der Waals surface area (Å²) in [5.41, 5.74) is -1.21. The number of nitrogens with zero attached hydrogens (tertiary/aromatic N) is 4. The van der Waals surface area contributed by atoms with E-state index in [0.29, 0.717) is 24.4 Å². The van der Waals surface area contributed by atoms with Gasteiger partial charge in [0.15, 0.2) is 15.5 Å². The van der Waals surface area contributed by atoms with Crippen LogP contribution in [0.15, 0.2) is 69.7 Å². The van der Waals surface area contributed by atoms with E-state index < -0.39 is 33.1 Å². The van der Waals surface area contributed by atoms with Crippen molar-refractivity contribution in [2.45, 2.75) is 37.2 Å². The Balaban J connectivity index is 1.55. The second-order valence-electron chi connectivity index (χ2n) is 9.49. The first-order chi connectivity index (χ1) is 19.6. The van der Waals surface area contributed by atoms with Gasteiger partial charge in [0.2, 0.25) is 11.7 Å². The summed E-state index contributed by atoms with van der Waals surface area (Å²) in [5.74, 6) is -1.59. The molecule has 0 aliphatic carbocycles. The molecule has 2 aliphatic rings. The fourth-order valence-corrected chi connectivity index (χ4v) is 7.42. The Kier molecular flexibility index (Phi) is 9.77. The molecule has 0 saturated carbocycles. The van der Waals surface area contributed by atoms with Crippen molar-refractivity contribution in [2.24, 2.45) is 0 Å². The first kappa shape index (κ1) is 30.6. The molecule has 1 fully saturated rings. The van der Waals surface area contributed by atoms with Crippen LogP contribution >= 0.6 is 23.4 Å². The molecular weight excluding hydrogens is 588 g/mol. The van der Waals surface area contributed by atoms with E-state index in [1.165, 1.54) is 45.5 Å². The lowest BCUT2D eigenvalue weighted by molar-refractivity contribution is -0.129. The van der Waals surface area contributed by atoms with Gasteiger partial charge in [0.25, 0.3) is 5.91 Å². The van der Waals surface area contributed by atoms with Crippen molar-refractivity contribution in [2.75, 3.05) is 31.1 Å². The Hall–Kier alpha value is -3.35. The molecule has 2 amide bonds. The second-order valence-corrected chi connectivity index (χ2v) is 13.0. The predicted octanol–water partition coefficient (Wildman–Crippen LogP) is 3.57. The van der Waals surface area contributed by atoms with E-state index >= 15 is 0 Å². The van der Waals surface area contributed by atoms with Crippen LogP contribution < -0.4 is 5.56 Å². The Morgan fingerprint density at radius 1 is 1.24 bits per heavy atom. The third-order valence-corrected chi connectivity index (χ3v) is 10.3. The SMILES string of the molecule is C=C/C=C\C(=C/C)S(=O)(=O)CCN1CCn2c([C@@H]3CCCN3C(=O)CSc3ccccc3Cl)nc(=O)c(O)c2C1=O. The van der Waals surface area contributed by atoms with Crippen LogP contribution in [0.25, 0.3) is 0 Å². The van der Waals surface area contributed by atoms with Crippen LogP contribution in [0.2, 0.25) is 5.02 Å². The van der Waals surface area contributed by atoms with E-state index in [1.54, 1.807) is 17.9 Å². The summed E-state index contributed by atoms with van der Waals surface area (Å²) in [6.07, 6.45) is 7.10. The number of carbonyl (C=O) groups is 2. The molecular formula is C28H31ClN4O6S2. The van der Waals surface area contributed by atoms with Gasteiger partial charge in [-0.2, -0.15) is 4.98 Å². The highest BCUT2D eigenvalue weighted by atomic mass is 35.5. The van der Waals surface area contributed by atoms with Gasteiger partial charge in [0, 0.05) is 31.1 Å². The lowest BCUT2D eigenvalue weighted by Crippen LogP contribution is -2.46. The first-order valence-corrected chi connectivity index (χ1v) is 16.1. The average Bonchev–Trinajstić information content (AvgIpc) is 3.44. The van der Waals surface area contributed by atoms with E-state index in [-0.39, 0.29) is 53.5 Å². The molecule has 4 rings (SSSR count). The molecule has 2 aliphatic heterocycles. The molecule has 41 heavy (non-hydrogen) atoms. The van der Waals surface area contributed by atoms with Crippen LogP contribution in [0, 0.1) is 0 Å². The monoisotopic (exact) mass is 618 g/mol. The summed E-state index contributed by atoms with van der Waals surface area (Å²) in [7, 11) is -3.69. The number of sulfone groups is 1. The third-order valence-electron chi connectivity index (χ3n) is 7.00. The Morgan fingerprint density at radius 3 is 2.71 bits per heavy atom. The molecule has 2 aromatic rings. The zero-order chi connectivity index (χ0) is 29.7. The number of allylic oxidation sites excluding steroid dienone is 4. The molecule has 0 unspecified atom stereocenters. The van der Waals surface area contributed by atoms with Crippen LogP contribution in [0.4, 0.5) is 0 Å². The van der Waals surface area contributed by atoms with Crippen molar-refractivity contribution in [3.05, 3.63) is 86.9 Å². The number of likely N-dealkylation sites (tertiary alicyclic amines) is 1. The number of halogens is 1. The standard InChI is InChI=1S/C28H31ClN4O6S2/c1-3-5-9-19(4-2)41(38,39)17-16-31-14-15-33-24(28(31)37)25(35)27(36)30-26(33)21-11-8-13-32(21)23(34)18-40-22-12-7-6-10-20(22)29/h3-7,9-10,12,21,35H,1,8,11,13-18H2,2H3/b9-5-,19-4+/t21-/m0/s1. The van der Waals surface area contributed by atoms with E-state index in [1.807, 2.05) is 18.2 Å². The van der Waals surface area contributed by atoms with Gasteiger partial charge in [-0.3, -0.25) is 14.4 Å². The summed E-state index contributed by atoms with van der Waals surface area (Å²) >= 11 is 7.54. The summed E-state index contributed by atoms with van der Waals surface area (Å²) in [5, 5.41) is 11.1. The minimum Gasteiger partial charge on any atom is -0.501 e. The zero-order valence-electron chi connectivity index (χ0n) is 22.5. The van der Waals surface area contributed by atoms with Gasteiger partial charge < -0.3 is 19.5 Å². The number of benzene rings is 1. The van der Waals surface area contributed by atoms with Crippen molar-refractivity contribution >= 4 is 45.0 Å². The first-order valence-electron chi connectivity index (χ1n) is 13.1. The molecule has 10 nitrogen and oxygen atoms in total. The number of fused-ring (bicyclic) bond motifs is 1. The molecule has 0 spiro atoms. The van der Waals surface area contributed by atoms with Crippen LogP contribution in [0.5, 0.6) is 5.75 Å². The molecule has 0 bridgehead atoms. The van der Waals surface area contributed by atoms with E-state index in [4.69, 9.17) is 11.6 Å². The van der Waals surface area contributed by atoms with Gasteiger partial charge in [-0.25, -0.2) is 8.42 Å². The second kappa shape index (κ2) is 13.1. The van der Waals surface area contributed by atoms with E-state index in [0.717, 1.165) is 4.90 Å². The van der Waals surface area contributed by atoms with Crippen LogP contribution in [0.1, 0.15) is 42.1 Å². The Morgan fingerprint density at radius 2 is 2.00 bits per heavy atom. The van der Waals surface area contributed by atoms with Gasteiger partial charge in [-0.1, -0.05) is 48.5 Å². The molecule has 1 saturated heterocycles. The van der Waals surface area contributed by atoms with Gasteiger partial charge in [-0.15, -0.1) is 11.8 Å². The van der Waals surface area contributed by atoms with Crippen molar-refractivity contribution < 1.29 is 23.1 Å². The van der Waals surface area contributed by atoms with Crippen LogP contribution in [-0.2, 0) is 21.2 Å². The van der Waals surface area contributed by atoms with Crippen LogP contribution in [-0.4, -0.2) is 75.8 Å². The maximum atomic E-state index is 13.4. The van der Waals surface area contributed by atoms with Crippen LogP contribution in [0.3, 0.4) is 0 Å². The number of thioether (sulfide) groups is 1. The minimum absolute atomic E-state index is 0.103. The highest BCUT2D eigenvalue weighted by Crippen LogP contribution is 2.35. The molecule has 1 atom stereocenters. The van der Waals surface area contributed by atoms with Gasteiger partial charge >= 0.3 is 5.56 Å². The normalized spacial score (nSPS) is 17.8. The fraction of sp³-hybridized carbons (Fsp3) is 0.357. The topological polar surface area (TPSA) is 130 Å². The van der Waals surface area contributed by atoms with E-state index in [2.05, 4.69) is 11.6 Å². The number of rotatable bonds is 10. The van der Waals surface area contributed by atoms with Crippen molar-refractivity contribution in [3.63, 3.8) is 0 Å². The summed E-state index contributed by atoms with van der Waals surface area (Å²) in [6, 6.07) is 6.69. The maximum absolute atomic E-state index is 13.4. The third kappa shape index (κ3) is 6.60. The number of aromatic hydroxyl groups is 1. The average molecular weight is 619 g/mol. The lowest BCUT2D eigenvalue weighted by Gasteiger charge is -2.33. The molecule has 0 radical (unpaired) electrons.